The van der Waals surface area contributed by atoms with Crippen LogP contribution >= 0.6 is 23.2 Å². The van der Waals surface area contributed by atoms with Gasteiger partial charge in [0.2, 0.25) is 0 Å². The van der Waals surface area contributed by atoms with E-state index in [1.54, 1.807) is 32.0 Å². The standard InChI is InChI=1S/C11H12Cl2O3/c1-11(2,10(14)15-3)16-9-7(12)5-4-6-8(9)13/h4-6H,1-3H3. The number of hydrogen-bond donors (Lipinski definition) is 0. The number of ether oxygens (including phenoxy) is 2. The molecule has 1 aromatic rings. The van der Waals surface area contributed by atoms with Gasteiger partial charge in [0.15, 0.2) is 11.4 Å². The molecule has 16 heavy (non-hydrogen) atoms. The summed E-state index contributed by atoms with van der Waals surface area (Å²) in [6, 6.07) is 4.97. The van der Waals surface area contributed by atoms with Crippen molar-refractivity contribution in [3.8, 4) is 5.75 Å². The largest absolute Gasteiger partial charge is 0.473 e. The molecule has 0 spiro atoms. The quantitative estimate of drug-likeness (QED) is 0.784. The van der Waals surface area contributed by atoms with E-state index in [1.807, 2.05) is 0 Å². The fraction of sp³-hybridized carbons (Fsp3) is 0.364. The Morgan fingerprint density at radius 1 is 1.25 bits per heavy atom. The van der Waals surface area contributed by atoms with E-state index in [0.717, 1.165) is 0 Å². The summed E-state index contributed by atoms with van der Waals surface area (Å²) in [5.41, 5.74) is -1.14. The van der Waals surface area contributed by atoms with Crippen molar-refractivity contribution in [2.45, 2.75) is 19.4 Å². The predicted molar refractivity (Wildman–Crippen MR) is 63.2 cm³/mol. The zero-order valence-corrected chi connectivity index (χ0v) is 10.7. The molecule has 0 aliphatic rings. The van der Waals surface area contributed by atoms with Crippen molar-refractivity contribution in [1.82, 2.24) is 0 Å². The Bertz CT molecular complexity index is 382. The third-order valence-electron chi connectivity index (χ3n) is 1.95. The van der Waals surface area contributed by atoms with Crippen molar-refractivity contribution in [2.24, 2.45) is 0 Å². The average Bonchev–Trinajstić information content (AvgIpc) is 2.22. The van der Waals surface area contributed by atoms with E-state index in [9.17, 15) is 4.79 Å². The van der Waals surface area contributed by atoms with E-state index >= 15 is 0 Å². The van der Waals surface area contributed by atoms with Crippen LogP contribution in [0, 0.1) is 0 Å². The van der Waals surface area contributed by atoms with Crippen LogP contribution in [0.15, 0.2) is 18.2 Å². The van der Waals surface area contributed by atoms with Crippen molar-refractivity contribution in [2.75, 3.05) is 7.11 Å². The van der Waals surface area contributed by atoms with E-state index in [-0.39, 0.29) is 5.75 Å². The van der Waals surface area contributed by atoms with Crippen LogP contribution in [0.2, 0.25) is 10.0 Å². The fourth-order valence-corrected chi connectivity index (χ4v) is 1.60. The molecule has 0 radical (unpaired) electrons. The van der Waals surface area contributed by atoms with Crippen molar-refractivity contribution in [1.29, 1.82) is 0 Å². The molecular formula is C11H12Cl2O3. The highest BCUT2D eigenvalue weighted by molar-refractivity contribution is 6.37. The van der Waals surface area contributed by atoms with Gasteiger partial charge in [-0.1, -0.05) is 29.3 Å². The Hall–Kier alpha value is -0.930. The van der Waals surface area contributed by atoms with Crippen molar-refractivity contribution >= 4 is 29.2 Å². The van der Waals surface area contributed by atoms with Crippen LogP contribution in [0.1, 0.15) is 13.8 Å². The summed E-state index contributed by atoms with van der Waals surface area (Å²) in [5.74, 6) is -0.218. The molecule has 0 N–H and O–H groups in total. The first-order chi connectivity index (χ1) is 7.38. The minimum atomic E-state index is -1.14. The second-order valence-electron chi connectivity index (χ2n) is 3.65. The van der Waals surface area contributed by atoms with Crippen LogP contribution in [-0.2, 0) is 9.53 Å². The Kier molecular flexibility index (Phi) is 4.05. The Morgan fingerprint density at radius 2 is 1.75 bits per heavy atom. The summed E-state index contributed by atoms with van der Waals surface area (Å²) in [7, 11) is 1.29. The lowest BCUT2D eigenvalue weighted by Crippen LogP contribution is -2.39. The van der Waals surface area contributed by atoms with Crippen molar-refractivity contribution < 1.29 is 14.3 Å². The lowest BCUT2D eigenvalue weighted by atomic mass is 10.1. The molecule has 0 fully saturated rings. The number of hydrogen-bond acceptors (Lipinski definition) is 3. The van der Waals surface area contributed by atoms with Gasteiger partial charge in [0, 0.05) is 0 Å². The number of benzene rings is 1. The van der Waals surface area contributed by atoms with Gasteiger partial charge >= 0.3 is 5.97 Å². The van der Waals surface area contributed by atoms with Crippen LogP contribution < -0.4 is 4.74 Å². The lowest BCUT2D eigenvalue weighted by Gasteiger charge is -2.24. The highest BCUT2D eigenvalue weighted by Crippen LogP contribution is 2.35. The minimum Gasteiger partial charge on any atom is -0.473 e. The SMILES string of the molecule is COC(=O)C(C)(C)Oc1c(Cl)cccc1Cl. The Balaban J connectivity index is 3.00. The van der Waals surface area contributed by atoms with Crippen molar-refractivity contribution in [3.05, 3.63) is 28.2 Å². The van der Waals surface area contributed by atoms with Gasteiger partial charge in [0.1, 0.15) is 0 Å². The molecule has 88 valence electrons. The molecule has 0 amide bonds. The van der Waals surface area contributed by atoms with Crippen LogP contribution in [-0.4, -0.2) is 18.7 Å². The molecule has 0 aliphatic carbocycles. The summed E-state index contributed by atoms with van der Waals surface area (Å²) in [5, 5.41) is 0.703. The number of carbonyl (C=O) groups is 1. The normalized spacial score (nSPS) is 11.1. The number of methoxy groups -OCH3 is 1. The molecule has 0 heterocycles. The summed E-state index contributed by atoms with van der Waals surface area (Å²) in [6.45, 7) is 3.16. The summed E-state index contributed by atoms with van der Waals surface area (Å²) >= 11 is 11.8. The van der Waals surface area contributed by atoms with Crippen LogP contribution in [0.3, 0.4) is 0 Å². The first-order valence-electron chi connectivity index (χ1n) is 4.60. The van der Waals surface area contributed by atoms with Crippen LogP contribution in [0.5, 0.6) is 5.75 Å². The molecule has 0 saturated carbocycles. The Morgan fingerprint density at radius 3 is 2.19 bits per heavy atom. The number of para-hydroxylation sites is 1. The maximum Gasteiger partial charge on any atom is 0.349 e. The molecule has 5 heteroatoms. The molecule has 0 unspecified atom stereocenters. The number of halogens is 2. The number of rotatable bonds is 3. The van der Waals surface area contributed by atoms with Gasteiger partial charge in [0.05, 0.1) is 17.2 Å². The zero-order chi connectivity index (χ0) is 12.3. The smallest absolute Gasteiger partial charge is 0.349 e. The second-order valence-corrected chi connectivity index (χ2v) is 4.47. The third kappa shape index (κ3) is 2.80. The summed E-state index contributed by atoms with van der Waals surface area (Å²) < 4.78 is 10.1. The van der Waals surface area contributed by atoms with Gasteiger partial charge in [-0.15, -0.1) is 0 Å². The van der Waals surface area contributed by atoms with E-state index in [0.29, 0.717) is 10.0 Å². The molecule has 3 nitrogen and oxygen atoms in total. The highest BCUT2D eigenvalue weighted by atomic mass is 35.5. The minimum absolute atomic E-state index is 0.279. The summed E-state index contributed by atoms with van der Waals surface area (Å²) in [4.78, 5) is 11.4. The number of esters is 1. The molecule has 0 aromatic heterocycles. The molecule has 1 aromatic carbocycles. The van der Waals surface area contributed by atoms with E-state index in [2.05, 4.69) is 4.74 Å². The first kappa shape index (κ1) is 13.1. The van der Waals surface area contributed by atoms with Gasteiger partial charge in [-0.25, -0.2) is 4.79 Å². The van der Waals surface area contributed by atoms with Crippen molar-refractivity contribution in [3.63, 3.8) is 0 Å². The average molecular weight is 263 g/mol. The molecule has 0 saturated heterocycles. The van der Waals surface area contributed by atoms with Gasteiger partial charge in [-0.05, 0) is 26.0 Å². The molecule has 0 bridgehead atoms. The monoisotopic (exact) mass is 262 g/mol. The molecule has 0 atom stereocenters. The topological polar surface area (TPSA) is 35.5 Å². The first-order valence-corrected chi connectivity index (χ1v) is 5.35. The van der Waals surface area contributed by atoms with Gasteiger partial charge < -0.3 is 9.47 Å². The van der Waals surface area contributed by atoms with Crippen LogP contribution in [0.4, 0.5) is 0 Å². The number of carbonyl (C=O) groups excluding carboxylic acids is 1. The van der Waals surface area contributed by atoms with E-state index in [1.165, 1.54) is 7.11 Å². The second kappa shape index (κ2) is 4.93. The maximum atomic E-state index is 11.4. The maximum absolute atomic E-state index is 11.4. The predicted octanol–water partition coefficient (Wildman–Crippen LogP) is 3.32. The highest BCUT2D eigenvalue weighted by Gasteiger charge is 2.32. The third-order valence-corrected chi connectivity index (χ3v) is 2.55. The molecule has 1 rings (SSSR count). The Labute approximate surface area is 104 Å². The van der Waals surface area contributed by atoms with Gasteiger partial charge in [0.25, 0.3) is 0 Å². The van der Waals surface area contributed by atoms with E-state index in [4.69, 9.17) is 27.9 Å². The lowest BCUT2D eigenvalue weighted by molar-refractivity contribution is -0.156. The van der Waals surface area contributed by atoms with E-state index < -0.39 is 11.6 Å². The fourth-order valence-electron chi connectivity index (χ4n) is 1.12. The summed E-state index contributed by atoms with van der Waals surface area (Å²) in [6.07, 6.45) is 0. The van der Waals surface area contributed by atoms with Gasteiger partial charge in [-0.2, -0.15) is 0 Å². The van der Waals surface area contributed by atoms with Crippen LogP contribution in [0.25, 0.3) is 0 Å². The zero-order valence-electron chi connectivity index (χ0n) is 9.21. The molecular weight excluding hydrogens is 251 g/mol. The molecule has 0 aliphatic heterocycles. The van der Waals surface area contributed by atoms with Gasteiger partial charge in [-0.3, -0.25) is 0 Å².